The second kappa shape index (κ2) is 13.2. The van der Waals surface area contributed by atoms with Gasteiger partial charge in [-0.15, -0.1) is 0 Å². The van der Waals surface area contributed by atoms with Crippen LogP contribution in [0.2, 0.25) is 0 Å². The molecular weight excluding hydrogens is 536 g/mol. The van der Waals surface area contributed by atoms with E-state index in [-0.39, 0.29) is 12.6 Å². The summed E-state index contributed by atoms with van der Waals surface area (Å²) in [6.45, 7) is 4.17. The van der Waals surface area contributed by atoms with Crippen molar-refractivity contribution in [3.05, 3.63) is 72.6 Å². The van der Waals surface area contributed by atoms with Crippen molar-refractivity contribution < 1.29 is 19.4 Å². The second-order valence-electron chi connectivity index (χ2n) is 10.2. The van der Waals surface area contributed by atoms with E-state index in [9.17, 15) is 14.7 Å². The Hall–Kier alpha value is -4.81. The number of aliphatic carboxylic acids is 1. The zero-order chi connectivity index (χ0) is 29.5. The van der Waals surface area contributed by atoms with Crippen molar-refractivity contribution in [2.45, 2.75) is 13.0 Å². The van der Waals surface area contributed by atoms with Gasteiger partial charge in [0.05, 0.1) is 18.9 Å². The van der Waals surface area contributed by atoms with E-state index in [4.69, 9.17) is 9.72 Å². The van der Waals surface area contributed by atoms with Gasteiger partial charge in [-0.1, -0.05) is 24.3 Å². The third-order valence-corrected chi connectivity index (χ3v) is 6.81. The third kappa shape index (κ3) is 7.47. The summed E-state index contributed by atoms with van der Waals surface area (Å²) in [7, 11) is 3.33. The number of anilines is 3. The van der Waals surface area contributed by atoms with Crippen molar-refractivity contribution in [3.8, 4) is 22.5 Å². The Bertz CT molecular complexity index is 1530. The number of aromatic nitrogens is 4. The van der Waals surface area contributed by atoms with Crippen molar-refractivity contribution >= 4 is 29.3 Å². The van der Waals surface area contributed by atoms with Gasteiger partial charge >= 0.3 is 12.0 Å². The molecule has 0 saturated carbocycles. The Morgan fingerprint density at radius 3 is 2.57 bits per heavy atom. The lowest BCUT2D eigenvalue weighted by Crippen LogP contribution is -2.37. The van der Waals surface area contributed by atoms with Crippen molar-refractivity contribution in [1.29, 1.82) is 0 Å². The molecule has 12 heteroatoms. The minimum Gasteiger partial charge on any atom is -0.480 e. The molecular formula is C30H34N8O4. The Labute approximate surface area is 244 Å². The van der Waals surface area contributed by atoms with Gasteiger partial charge in [0, 0.05) is 68.6 Å². The molecule has 2 aromatic heterocycles. The molecule has 2 aromatic carbocycles. The monoisotopic (exact) mass is 570 g/mol. The Morgan fingerprint density at radius 2 is 1.83 bits per heavy atom. The van der Waals surface area contributed by atoms with Gasteiger partial charge in [0.15, 0.2) is 0 Å². The van der Waals surface area contributed by atoms with Crippen LogP contribution < -0.4 is 10.6 Å². The smallest absolute Gasteiger partial charge is 0.325 e. The van der Waals surface area contributed by atoms with E-state index in [1.807, 2.05) is 24.3 Å². The second-order valence-corrected chi connectivity index (χ2v) is 10.2. The third-order valence-electron chi connectivity index (χ3n) is 6.81. The van der Waals surface area contributed by atoms with Crippen LogP contribution in [0.25, 0.3) is 22.5 Å². The lowest BCUT2D eigenvalue weighted by molar-refractivity contribution is -0.137. The van der Waals surface area contributed by atoms with Crippen LogP contribution in [0.4, 0.5) is 22.1 Å². The van der Waals surface area contributed by atoms with E-state index in [0.29, 0.717) is 28.6 Å². The average molecular weight is 571 g/mol. The number of carbonyl (C=O) groups is 2. The standard InChI is InChI=1S/C30H34N8O4/c1-36(2)30(41)33-23-8-6-22(7-9-23)28-25(19-38(35-28)20-27(39)40)26-10-12-31-29(34-26)32-24-5-3-4-21(18-24)11-13-37-14-16-42-17-15-37/h3-10,12,18-19H,11,13-17,20H2,1-2H3,(H,33,41)(H,39,40)(H,31,32,34). The largest absolute Gasteiger partial charge is 0.480 e. The minimum atomic E-state index is -1.00. The van der Waals surface area contributed by atoms with Gasteiger partial charge in [-0.3, -0.25) is 14.4 Å². The van der Waals surface area contributed by atoms with E-state index >= 15 is 0 Å². The van der Waals surface area contributed by atoms with Crippen LogP contribution in [0, 0.1) is 0 Å². The van der Waals surface area contributed by atoms with E-state index in [0.717, 1.165) is 50.5 Å². The molecule has 3 heterocycles. The summed E-state index contributed by atoms with van der Waals surface area (Å²) in [6, 6.07) is 16.9. The summed E-state index contributed by atoms with van der Waals surface area (Å²) in [5.74, 6) is -0.590. The molecule has 1 fully saturated rings. The van der Waals surface area contributed by atoms with Crippen LogP contribution in [0.3, 0.4) is 0 Å². The predicted molar refractivity (Wildman–Crippen MR) is 160 cm³/mol. The first kappa shape index (κ1) is 28.7. The number of nitrogens with zero attached hydrogens (tertiary/aromatic N) is 6. The molecule has 3 N–H and O–H groups in total. The molecule has 0 radical (unpaired) electrons. The van der Waals surface area contributed by atoms with Crippen LogP contribution in [-0.4, -0.2) is 93.6 Å². The van der Waals surface area contributed by atoms with Crippen LogP contribution in [0.15, 0.2) is 67.0 Å². The molecule has 218 valence electrons. The number of ether oxygens (including phenoxy) is 1. The normalized spacial score (nSPS) is 13.5. The molecule has 42 heavy (non-hydrogen) atoms. The first-order valence-electron chi connectivity index (χ1n) is 13.7. The molecule has 4 aromatic rings. The van der Waals surface area contributed by atoms with Gasteiger partial charge in [0.25, 0.3) is 0 Å². The highest BCUT2D eigenvalue weighted by atomic mass is 16.5. The van der Waals surface area contributed by atoms with Crippen molar-refractivity contribution in [2.24, 2.45) is 0 Å². The lowest BCUT2D eigenvalue weighted by atomic mass is 10.1. The van der Waals surface area contributed by atoms with Crippen molar-refractivity contribution in [3.63, 3.8) is 0 Å². The fourth-order valence-corrected chi connectivity index (χ4v) is 4.60. The predicted octanol–water partition coefficient (Wildman–Crippen LogP) is 3.80. The molecule has 0 spiro atoms. The number of benzene rings is 2. The summed E-state index contributed by atoms with van der Waals surface area (Å²) in [5.41, 5.74) is 5.28. The first-order valence-corrected chi connectivity index (χ1v) is 13.7. The molecule has 1 saturated heterocycles. The van der Waals surface area contributed by atoms with Crippen LogP contribution in [0.5, 0.6) is 0 Å². The summed E-state index contributed by atoms with van der Waals surface area (Å²) < 4.78 is 6.82. The Balaban J connectivity index is 1.36. The minimum absolute atomic E-state index is 0.238. The van der Waals surface area contributed by atoms with Crippen LogP contribution in [0.1, 0.15) is 5.56 Å². The number of rotatable bonds is 10. The van der Waals surface area contributed by atoms with Gasteiger partial charge in [-0.2, -0.15) is 5.10 Å². The van der Waals surface area contributed by atoms with Crippen LogP contribution >= 0.6 is 0 Å². The maximum atomic E-state index is 12.0. The van der Waals surface area contributed by atoms with E-state index in [1.54, 1.807) is 44.7 Å². The Kier molecular flexibility index (Phi) is 9.05. The first-order chi connectivity index (χ1) is 20.3. The average Bonchev–Trinajstić information content (AvgIpc) is 3.40. The molecule has 0 bridgehead atoms. The molecule has 1 aliphatic rings. The number of carbonyl (C=O) groups excluding carboxylic acids is 1. The highest BCUT2D eigenvalue weighted by Crippen LogP contribution is 2.31. The molecule has 0 atom stereocenters. The summed E-state index contributed by atoms with van der Waals surface area (Å²) in [4.78, 5) is 36.4. The van der Waals surface area contributed by atoms with Gasteiger partial charge < -0.3 is 25.4 Å². The number of hydrogen-bond acceptors (Lipinski definition) is 8. The SMILES string of the molecule is CN(C)C(=O)Nc1ccc(-c2nn(CC(=O)O)cc2-c2ccnc(Nc3cccc(CCN4CCOCC4)c3)n2)cc1. The van der Waals surface area contributed by atoms with E-state index in [2.05, 4.69) is 37.7 Å². The van der Waals surface area contributed by atoms with E-state index in [1.165, 1.54) is 15.1 Å². The van der Waals surface area contributed by atoms with Gasteiger partial charge in [0.2, 0.25) is 5.95 Å². The summed E-state index contributed by atoms with van der Waals surface area (Å²) in [5, 5.41) is 20.0. The number of urea groups is 1. The number of hydrogen-bond donors (Lipinski definition) is 3. The fourth-order valence-electron chi connectivity index (χ4n) is 4.60. The maximum absolute atomic E-state index is 12.0. The van der Waals surface area contributed by atoms with Crippen molar-refractivity contribution in [1.82, 2.24) is 29.5 Å². The van der Waals surface area contributed by atoms with E-state index < -0.39 is 5.97 Å². The molecule has 12 nitrogen and oxygen atoms in total. The van der Waals surface area contributed by atoms with Crippen LogP contribution in [-0.2, 0) is 22.5 Å². The maximum Gasteiger partial charge on any atom is 0.325 e. The molecule has 0 unspecified atom stereocenters. The zero-order valence-corrected chi connectivity index (χ0v) is 23.7. The molecule has 5 rings (SSSR count). The molecule has 0 aliphatic carbocycles. The molecule has 1 aliphatic heterocycles. The lowest BCUT2D eigenvalue weighted by Gasteiger charge is -2.26. The number of morpholine rings is 1. The topological polar surface area (TPSA) is 138 Å². The molecule has 2 amide bonds. The van der Waals surface area contributed by atoms with Crippen molar-refractivity contribution in [2.75, 3.05) is 57.6 Å². The Morgan fingerprint density at radius 1 is 1.05 bits per heavy atom. The van der Waals surface area contributed by atoms with Gasteiger partial charge in [-0.05, 0) is 42.3 Å². The number of amides is 2. The quantitative estimate of drug-likeness (QED) is 0.260. The summed E-state index contributed by atoms with van der Waals surface area (Å²) >= 11 is 0. The number of nitrogens with one attached hydrogen (secondary N) is 2. The van der Waals surface area contributed by atoms with Gasteiger partial charge in [-0.25, -0.2) is 14.8 Å². The number of carboxylic acid groups (broad SMARTS) is 1. The number of carboxylic acids is 1. The van der Waals surface area contributed by atoms with Gasteiger partial charge in [0.1, 0.15) is 12.2 Å². The summed E-state index contributed by atoms with van der Waals surface area (Å²) in [6.07, 6.45) is 4.26. The zero-order valence-electron chi connectivity index (χ0n) is 23.7. The highest BCUT2D eigenvalue weighted by molar-refractivity contribution is 5.89. The fraction of sp³-hybridized carbons (Fsp3) is 0.300. The highest BCUT2D eigenvalue weighted by Gasteiger charge is 2.17.